The van der Waals surface area contributed by atoms with Crippen LogP contribution in [0.4, 0.5) is 0 Å². The van der Waals surface area contributed by atoms with Crippen LogP contribution in [0.1, 0.15) is 42.8 Å². The molecule has 1 heterocycles. The Balaban J connectivity index is 2.05. The van der Waals surface area contributed by atoms with E-state index in [1.54, 1.807) is 6.07 Å². The van der Waals surface area contributed by atoms with Gasteiger partial charge in [-0.3, -0.25) is 4.90 Å². The SMILES string of the molecule is CC(C)N(Cc1ccoc1C(=O)O)CC1CC1. The van der Waals surface area contributed by atoms with Gasteiger partial charge in [-0.25, -0.2) is 4.79 Å². The van der Waals surface area contributed by atoms with Gasteiger partial charge in [-0.05, 0) is 38.7 Å². The van der Waals surface area contributed by atoms with Crippen molar-refractivity contribution >= 4 is 5.97 Å². The van der Waals surface area contributed by atoms with E-state index >= 15 is 0 Å². The van der Waals surface area contributed by atoms with Crippen LogP contribution in [0, 0.1) is 5.92 Å². The summed E-state index contributed by atoms with van der Waals surface area (Å²) in [7, 11) is 0. The number of rotatable bonds is 6. The van der Waals surface area contributed by atoms with E-state index in [0.717, 1.165) is 18.0 Å². The van der Waals surface area contributed by atoms with Gasteiger partial charge in [-0.2, -0.15) is 0 Å². The number of hydrogen-bond acceptors (Lipinski definition) is 3. The summed E-state index contributed by atoms with van der Waals surface area (Å²) >= 11 is 0. The van der Waals surface area contributed by atoms with Crippen molar-refractivity contribution in [1.29, 1.82) is 0 Å². The van der Waals surface area contributed by atoms with Crippen LogP contribution in [-0.4, -0.2) is 28.6 Å². The van der Waals surface area contributed by atoms with E-state index in [1.165, 1.54) is 19.1 Å². The summed E-state index contributed by atoms with van der Waals surface area (Å²) in [5.74, 6) is -0.107. The lowest BCUT2D eigenvalue weighted by Crippen LogP contribution is -2.32. The van der Waals surface area contributed by atoms with Gasteiger partial charge >= 0.3 is 5.97 Å². The topological polar surface area (TPSA) is 53.7 Å². The molecule has 0 amide bonds. The Morgan fingerprint density at radius 2 is 2.29 bits per heavy atom. The fourth-order valence-corrected chi connectivity index (χ4v) is 1.96. The fourth-order valence-electron chi connectivity index (χ4n) is 1.96. The summed E-state index contributed by atoms with van der Waals surface area (Å²) in [6.45, 7) is 6.00. The second kappa shape index (κ2) is 4.92. The Hall–Kier alpha value is -1.29. The van der Waals surface area contributed by atoms with Gasteiger partial charge in [-0.1, -0.05) is 0 Å². The van der Waals surface area contributed by atoms with Crippen molar-refractivity contribution in [2.45, 2.75) is 39.3 Å². The van der Waals surface area contributed by atoms with Crippen LogP contribution in [-0.2, 0) is 6.54 Å². The summed E-state index contributed by atoms with van der Waals surface area (Å²) in [5.41, 5.74) is 0.770. The Morgan fingerprint density at radius 3 is 2.82 bits per heavy atom. The van der Waals surface area contributed by atoms with Crippen LogP contribution in [0.2, 0.25) is 0 Å². The molecule has 1 aliphatic carbocycles. The second-order valence-corrected chi connectivity index (χ2v) is 5.05. The number of carbonyl (C=O) groups is 1. The summed E-state index contributed by atoms with van der Waals surface area (Å²) < 4.78 is 5.00. The Bertz CT molecular complexity index is 393. The van der Waals surface area contributed by atoms with Crippen LogP contribution in [0.25, 0.3) is 0 Å². The lowest BCUT2D eigenvalue weighted by Gasteiger charge is -2.26. The molecular formula is C13H19NO3. The first kappa shape index (κ1) is 12.2. The average Bonchev–Trinajstić information content (AvgIpc) is 2.93. The molecule has 94 valence electrons. The molecule has 1 aromatic heterocycles. The van der Waals surface area contributed by atoms with Crippen molar-refractivity contribution < 1.29 is 14.3 Å². The van der Waals surface area contributed by atoms with Gasteiger partial charge in [0.15, 0.2) is 0 Å². The van der Waals surface area contributed by atoms with Crippen LogP contribution in [0.5, 0.6) is 0 Å². The molecule has 0 radical (unpaired) electrons. The Morgan fingerprint density at radius 1 is 1.59 bits per heavy atom. The van der Waals surface area contributed by atoms with E-state index in [4.69, 9.17) is 9.52 Å². The first-order valence-electron chi connectivity index (χ1n) is 6.11. The third-order valence-electron chi connectivity index (χ3n) is 3.23. The van der Waals surface area contributed by atoms with E-state index in [2.05, 4.69) is 18.7 Å². The van der Waals surface area contributed by atoms with Gasteiger partial charge < -0.3 is 9.52 Å². The highest BCUT2D eigenvalue weighted by atomic mass is 16.4. The molecule has 17 heavy (non-hydrogen) atoms. The molecule has 4 heteroatoms. The van der Waals surface area contributed by atoms with Crippen molar-refractivity contribution in [3.63, 3.8) is 0 Å². The van der Waals surface area contributed by atoms with Crippen molar-refractivity contribution in [2.75, 3.05) is 6.54 Å². The number of carboxylic acid groups (broad SMARTS) is 1. The third kappa shape index (κ3) is 3.09. The molecule has 1 saturated carbocycles. The summed E-state index contributed by atoms with van der Waals surface area (Å²) in [5, 5.41) is 8.99. The maximum Gasteiger partial charge on any atom is 0.372 e. The molecule has 1 aliphatic rings. The van der Waals surface area contributed by atoms with Crippen molar-refractivity contribution in [3.05, 3.63) is 23.7 Å². The largest absolute Gasteiger partial charge is 0.475 e. The zero-order valence-corrected chi connectivity index (χ0v) is 10.3. The number of nitrogens with zero attached hydrogens (tertiary/aromatic N) is 1. The number of hydrogen-bond donors (Lipinski definition) is 1. The van der Waals surface area contributed by atoms with Crippen molar-refractivity contribution in [2.24, 2.45) is 5.92 Å². The minimum absolute atomic E-state index is 0.0754. The maximum atomic E-state index is 11.0. The Labute approximate surface area is 101 Å². The lowest BCUT2D eigenvalue weighted by atomic mass is 10.2. The van der Waals surface area contributed by atoms with E-state index in [-0.39, 0.29) is 5.76 Å². The number of furan rings is 1. The minimum atomic E-state index is -0.986. The van der Waals surface area contributed by atoms with E-state index < -0.39 is 5.97 Å². The molecule has 0 unspecified atom stereocenters. The average molecular weight is 237 g/mol. The highest BCUT2D eigenvalue weighted by Crippen LogP contribution is 2.31. The molecule has 4 nitrogen and oxygen atoms in total. The molecule has 1 N–H and O–H groups in total. The predicted molar refractivity (Wildman–Crippen MR) is 63.9 cm³/mol. The first-order valence-corrected chi connectivity index (χ1v) is 6.11. The van der Waals surface area contributed by atoms with E-state index in [0.29, 0.717) is 12.6 Å². The molecule has 0 aromatic carbocycles. The first-order chi connectivity index (χ1) is 8.08. The highest BCUT2D eigenvalue weighted by Gasteiger charge is 2.26. The summed E-state index contributed by atoms with van der Waals surface area (Å²) in [4.78, 5) is 13.3. The molecule has 0 spiro atoms. The second-order valence-electron chi connectivity index (χ2n) is 5.05. The maximum absolute atomic E-state index is 11.0. The lowest BCUT2D eigenvalue weighted by molar-refractivity contribution is 0.0658. The van der Waals surface area contributed by atoms with Crippen LogP contribution < -0.4 is 0 Å². The smallest absolute Gasteiger partial charge is 0.372 e. The monoisotopic (exact) mass is 237 g/mol. The Kier molecular flexibility index (Phi) is 3.52. The number of aromatic carboxylic acids is 1. The van der Waals surface area contributed by atoms with Crippen LogP contribution >= 0.6 is 0 Å². The zero-order chi connectivity index (χ0) is 12.4. The predicted octanol–water partition coefficient (Wildman–Crippen LogP) is 2.60. The molecule has 0 saturated heterocycles. The standard InChI is InChI=1S/C13H19NO3/c1-9(2)14(7-10-3-4-10)8-11-5-6-17-12(11)13(15)16/h5-6,9-10H,3-4,7-8H2,1-2H3,(H,15,16). The molecule has 1 fully saturated rings. The molecule has 0 aliphatic heterocycles. The number of carboxylic acids is 1. The summed E-state index contributed by atoms with van der Waals surface area (Å²) in [6.07, 6.45) is 4.06. The van der Waals surface area contributed by atoms with Gasteiger partial charge in [0.25, 0.3) is 0 Å². The summed E-state index contributed by atoms with van der Waals surface area (Å²) in [6, 6.07) is 2.18. The highest BCUT2D eigenvalue weighted by molar-refractivity contribution is 5.86. The van der Waals surface area contributed by atoms with Crippen LogP contribution in [0.15, 0.2) is 16.7 Å². The van der Waals surface area contributed by atoms with E-state index in [1.807, 2.05) is 0 Å². The molecule has 1 aromatic rings. The van der Waals surface area contributed by atoms with Crippen molar-refractivity contribution in [3.8, 4) is 0 Å². The minimum Gasteiger partial charge on any atom is -0.475 e. The van der Waals surface area contributed by atoms with Gasteiger partial charge in [0, 0.05) is 24.7 Å². The zero-order valence-electron chi connectivity index (χ0n) is 10.3. The van der Waals surface area contributed by atoms with Crippen LogP contribution in [0.3, 0.4) is 0 Å². The van der Waals surface area contributed by atoms with Gasteiger partial charge in [0.1, 0.15) is 0 Å². The molecule has 0 bridgehead atoms. The quantitative estimate of drug-likeness (QED) is 0.826. The van der Waals surface area contributed by atoms with Gasteiger partial charge in [0.05, 0.1) is 6.26 Å². The van der Waals surface area contributed by atoms with Gasteiger partial charge in [0.2, 0.25) is 5.76 Å². The van der Waals surface area contributed by atoms with Gasteiger partial charge in [-0.15, -0.1) is 0 Å². The molecule has 0 atom stereocenters. The van der Waals surface area contributed by atoms with E-state index in [9.17, 15) is 4.79 Å². The fraction of sp³-hybridized carbons (Fsp3) is 0.615. The molecular weight excluding hydrogens is 218 g/mol. The normalized spacial score (nSPS) is 15.8. The molecule has 2 rings (SSSR count). The third-order valence-corrected chi connectivity index (χ3v) is 3.23. The van der Waals surface area contributed by atoms with Crippen molar-refractivity contribution in [1.82, 2.24) is 4.90 Å².